The van der Waals surface area contributed by atoms with E-state index in [-0.39, 0.29) is 6.04 Å². The number of rotatable bonds is 7. The SMILES string of the molecule is CCCCN(C1CC1)S(=O)(=O)c1ccc(CN)s1. The van der Waals surface area contributed by atoms with Gasteiger partial charge in [-0.15, -0.1) is 11.3 Å². The second kappa shape index (κ2) is 5.69. The van der Waals surface area contributed by atoms with Crippen LogP contribution in [0.5, 0.6) is 0 Å². The Kier molecular flexibility index (Phi) is 4.42. The molecule has 6 heteroatoms. The minimum Gasteiger partial charge on any atom is -0.326 e. The summed E-state index contributed by atoms with van der Waals surface area (Å²) >= 11 is 1.29. The summed E-state index contributed by atoms with van der Waals surface area (Å²) in [4.78, 5) is 0.916. The molecule has 0 spiro atoms. The first-order valence-electron chi connectivity index (χ1n) is 6.40. The molecule has 0 atom stereocenters. The van der Waals surface area contributed by atoms with Crippen molar-refractivity contribution in [3.05, 3.63) is 17.0 Å². The lowest BCUT2D eigenvalue weighted by Gasteiger charge is -2.20. The second-order valence-corrected chi connectivity index (χ2v) is 7.91. The molecule has 1 saturated carbocycles. The van der Waals surface area contributed by atoms with Gasteiger partial charge >= 0.3 is 0 Å². The second-order valence-electron chi connectivity index (χ2n) is 4.63. The van der Waals surface area contributed by atoms with Gasteiger partial charge in [0.2, 0.25) is 0 Å². The molecule has 0 amide bonds. The molecule has 0 aliphatic heterocycles. The van der Waals surface area contributed by atoms with Crippen LogP contribution >= 0.6 is 11.3 Å². The van der Waals surface area contributed by atoms with Crippen LogP contribution in [0, 0.1) is 0 Å². The van der Waals surface area contributed by atoms with Gasteiger partial charge in [0, 0.05) is 24.0 Å². The first-order chi connectivity index (χ1) is 8.59. The summed E-state index contributed by atoms with van der Waals surface area (Å²) in [5, 5.41) is 0. The van der Waals surface area contributed by atoms with Gasteiger partial charge in [-0.3, -0.25) is 0 Å². The molecule has 18 heavy (non-hydrogen) atoms. The van der Waals surface area contributed by atoms with Crippen molar-refractivity contribution in [1.29, 1.82) is 0 Å². The Balaban J connectivity index is 2.21. The number of hydrogen-bond donors (Lipinski definition) is 1. The topological polar surface area (TPSA) is 63.4 Å². The van der Waals surface area contributed by atoms with E-state index in [0.717, 1.165) is 30.6 Å². The molecule has 4 nitrogen and oxygen atoms in total. The Labute approximate surface area is 113 Å². The summed E-state index contributed by atoms with van der Waals surface area (Å²) in [7, 11) is -3.30. The predicted molar refractivity (Wildman–Crippen MR) is 74.0 cm³/mol. The Bertz CT molecular complexity index is 492. The number of sulfonamides is 1. The molecule has 1 fully saturated rings. The van der Waals surface area contributed by atoms with Crippen molar-refractivity contribution in [3.63, 3.8) is 0 Å². The third kappa shape index (κ3) is 2.93. The quantitative estimate of drug-likeness (QED) is 0.836. The number of nitrogens with two attached hydrogens (primary N) is 1. The Morgan fingerprint density at radius 2 is 2.17 bits per heavy atom. The van der Waals surface area contributed by atoms with E-state index in [4.69, 9.17) is 5.73 Å². The van der Waals surface area contributed by atoms with Gasteiger partial charge in [0.1, 0.15) is 4.21 Å². The van der Waals surface area contributed by atoms with E-state index in [0.29, 0.717) is 17.3 Å². The minimum atomic E-state index is -3.30. The lowest BCUT2D eigenvalue weighted by atomic mass is 10.3. The van der Waals surface area contributed by atoms with Crippen molar-refractivity contribution in [2.45, 2.75) is 49.4 Å². The fourth-order valence-corrected chi connectivity index (χ4v) is 4.99. The number of hydrogen-bond acceptors (Lipinski definition) is 4. The van der Waals surface area contributed by atoms with E-state index in [1.807, 2.05) is 6.07 Å². The highest BCUT2D eigenvalue weighted by atomic mass is 32.2. The van der Waals surface area contributed by atoms with Crippen LogP contribution in [0.25, 0.3) is 0 Å². The zero-order chi connectivity index (χ0) is 13.2. The zero-order valence-electron chi connectivity index (χ0n) is 10.6. The number of unbranched alkanes of at least 4 members (excludes halogenated alkanes) is 1. The Morgan fingerprint density at radius 1 is 1.44 bits per heavy atom. The van der Waals surface area contributed by atoms with Crippen molar-refractivity contribution < 1.29 is 8.42 Å². The number of thiophene rings is 1. The molecule has 0 saturated heterocycles. The highest BCUT2D eigenvalue weighted by Gasteiger charge is 2.38. The van der Waals surface area contributed by atoms with Crippen LogP contribution in [0.2, 0.25) is 0 Å². The van der Waals surface area contributed by atoms with Crippen LogP contribution in [0.1, 0.15) is 37.5 Å². The van der Waals surface area contributed by atoms with E-state index in [9.17, 15) is 8.42 Å². The molecule has 1 aliphatic carbocycles. The average molecular weight is 288 g/mol. The van der Waals surface area contributed by atoms with Crippen LogP contribution < -0.4 is 5.73 Å². The van der Waals surface area contributed by atoms with Gasteiger partial charge in [-0.2, -0.15) is 4.31 Å². The molecule has 1 aliphatic rings. The van der Waals surface area contributed by atoms with Crippen LogP contribution in [0.15, 0.2) is 16.3 Å². The van der Waals surface area contributed by atoms with Crippen molar-refractivity contribution in [1.82, 2.24) is 4.31 Å². The Morgan fingerprint density at radius 3 is 2.67 bits per heavy atom. The molecule has 1 aromatic rings. The summed E-state index contributed by atoms with van der Waals surface area (Å²) in [6.07, 6.45) is 3.93. The van der Waals surface area contributed by atoms with Crippen molar-refractivity contribution in [3.8, 4) is 0 Å². The predicted octanol–water partition coefficient (Wildman–Crippen LogP) is 2.16. The van der Waals surface area contributed by atoms with E-state index < -0.39 is 10.0 Å². The minimum absolute atomic E-state index is 0.227. The zero-order valence-corrected chi connectivity index (χ0v) is 12.3. The molecule has 1 heterocycles. The maximum atomic E-state index is 12.5. The summed E-state index contributed by atoms with van der Waals surface area (Å²) in [5.74, 6) is 0. The summed E-state index contributed by atoms with van der Waals surface area (Å²) < 4.78 is 27.2. The third-order valence-corrected chi connectivity index (χ3v) is 6.61. The fraction of sp³-hybridized carbons (Fsp3) is 0.667. The smallest absolute Gasteiger partial charge is 0.252 e. The largest absolute Gasteiger partial charge is 0.326 e. The molecule has 0 radical (unpaired) electrons. The molecule has 2 rings (SSSR count). The summed E-state index contributed by atoms with van der Waals surface area (Å²) in [5.41, 5.74) is 5.54. The van der Waals surface area contributed by atoms with Gasteiger partial charge in [0.05, 0.1) is 0 Å². The van der Waals surface area contributed by atoms with Gasteiger partial charge in [-0.1, -0.05) is 13.3 Å². The van der Waals surface area contributed by atoms with Crippen molar-refractivity contribution >= 4 is 21.4 Å². The Hall–Kier alpha value is -0.430. The molecule has 0 unspecified atom stereocenters. The highest BCUT2D eigenvalue weighted by Crippen LogP contribution is 2.34. The normalized spacial score (nSPS) is 16.4. The van der Waals surface area contributed by atoms with Gasteiger partial charge in [0.15, 0.2) is 0 Å². The number of nitrogens with zero attached hydrogens (tertiary/aromatic N) is 1. The lowest BCUT2D eigenvalue weighted by Crippen LogP contribution is -2.33. The first kappa shape index (κ1) is 14.0. The summed E-state index contributed by atoms with van der Waals surface area (Å²) in [6.45, 7) is 3.12. The standard InChI is InChI=1S/C12H20N2O2S2/c1-2-3-8-14(10-4-5-10)18(15,16)12-7-6-11(9-13)17-12/h6-7,10H,2-5,8-9,13H2,1H3. The van der Waals surface area contributed by atoms with Gasteiger partial charge < -0.3 is 5.73 Å². The molecule has 0 aromatic carbocycles. The average Bonchev–Trinajstić information content (AvgIpc) is 3.05. The van der Waals surface area contributed by atoms with Crippen LogP contribution in [-0.4, -0.2) is 25.3 Å². The third-order valence-electron chi connectivity index (χ3n) is 3.09. The molecular formula is C12H20N2O2S2. The fourth-order valence-electron chi connectivity index (χ4n) is 1.90. The van der Waals surface area contributed by atoms with E-state index >= 15 is 0 Å². The molecule has 0 bridgehead atoms. The van der Waals surface area contributed by atoms with Crippen LogP contribution in [0.3, 0.4) is 0 Å². The molecular weight excluding hydrogens is 268 g/mol. The highest BCUT2D eigenvalue weighted by molar-refractivity contribution is 7.91. The van der Waals surface area contributed by atoms with Gasteiger partial charge in [-0.25, -0.2) is 8.42 Å². The van der Waals surface area contributed by atoms with E-state index in [1.165, 1.54) is 11.3 Å². The first-order valence-corrected chi connectivity index (χ1v) is 8.66. The molecule has 102 valence electrons. The van der Waals surface area contributed by atoms with Crippen molar-refractivity contribution in [2.75, 3.05) is 6.54 Å². The van der Waals surface area contributed by atoms with E-state index in [2.05, 4.69) is 6.92 Å². The van der Waals surface area contributed by atoms with Crippen LogP contribution in [0.4, 0.5) is 0 Å². The summed E-state index contributed by atoms with van der Waals surface area (Å²) in [6, 6.07) is 3.72. The maximum absolute atomic E-state index is 12.5. The van der Waals surface area contributed by atoms with Gasteiger partial charge in [0.25, 0.3) is 10.0 Å². The van der Waals surface area contributed by atoms with Gasteiger partial charge in [-0.05, 0) is 31.4 Å². The lowest BCUT2D eigenvalue weighted by molar-refractivity contribution is 0.397. The molecule has 1 aromatic heterocycles. The maximum Gasteiger partial charge on any atom is 0.252 e. The van der Waals surface area contributed by atoms with Crippen molar-refractivity contribution in [2.24, 2.45) is 5.73 Å². The van der Waals surface area contributed by atoms with E-state index in [1.54, 1.807) is 10.4 Å². The molecule has 2 N–H and O–H groups in total. The monoisotopic (exact) mass is 288 g/mol. The van der Waals surface area contributed by atoms with Crippen LogP contribution in [-0.2, 0) is 16.6 Å².